The van der Waals surface area contributed by atoms with Crippen molar-refractivity contribution in [2.75, 3.05) is 11.1 Å². The van der Waals surface area contributed by atoms with Gasteiger partial charge in [-0.05, 0) is 89.8 Å². The highest BCUT2D eigenvalue weighted by atomic mass is 32.2. The minimum atomic E-state index is -0.177. The Morgan fingerprint density at radius 2 is 1.63 bits per heavy atom. The zero-order chi connectivity index (χ0) is 29.9. The number of pyridine rings is 1. The van der Waals surface area contributed by atoms with Crippen LogP contribution in [0.5, 0.6) is 0 Å². The summed E-state index contributed by atoms with van der Waals surface area (Å²) in [4.78, 5) is 29.2. The molecule has 4 aromatic carbocycles. The number of carbonyl (C=O) groups excluding carboxylic acids is 1. The first kappa shape index (κ1) is 28.2. The average Bonchev–Trinajstić information content (AvgIpc) is 3.02. The molecule has 214 valence electrons. The predicted molar refractivity (Wildman–Crippen MR) is 176 cm³/mol. The molecule has 2 aromatic heterocycles. The number of nitrogens with one attached hydrogen (secondary N) is 2. The molecule has 6 aromatic rings. The molecule has 1 amide bonds. The van der Waals surface area contributed by atoms with Crippen molar-refractivity contribution >= 4 is 56.7 Å². The minimum Gasteiger partial charge on any atom is -0.399 e. The van der Waals surface area contributed by atoms with E-state index in [1.54, 1.807) is 11.8 Å². The van der Waals surface area contributed by atoms with Gasteiger partial charge in [0.1, 0.15) is 12.1 Å². The van der Waals surface area contributed by atoms with Crippen LogP contribution in [0.15, 0.2) is 113 Å². The summed E-state index contributed by atoms with van der Waals surface area (Å²) in [6, 6.07) is 31.7. The van der Waals surface area contributed by atoms with E-state index in [0.717, 1.165) is 37.5 Å². The van der Waals surface area contributed by atoms with Crippen LogP contribution in [0.4, 0.5) is 17.2 Å². The van der Waals surface area contributed by atoms with Gasteiger partial charge in [-0.25, -0.2) is 15.0 Å². The third-order valence-electron chi connectivity index (χ3n) is 7.33. The van der Waals surface area contributed by atoms with Gasteiger partial charge in [0, 0.05) is 26.7 Å². The fourth-order valence-electron chi connectivity index (χ4n) is 4.87. The lowest BCUT2D eigenvalue weighted by molar-refractivity contribution is 0.0940. The Balaban J connectivity index is 1.32. The molecule has 0 aliphatic carbocycles. The minimum absolute atomic E-state index is 0.163. The third-order valence-corrected chi connectivity index (χ3v) is 8.42. The van der Waals surface area contributed by atoms with Gasteiger partial charge in [-0.1, -0.05) is 62.0 Å². The number of hydrogen-bond acceptors (Lipinski definition) is 7. The molecule has 0 aliphatic rings. The molecule has 0 aliphatic heterocycles. The summed E-state index contributed by atoms with van der Waals surface area (Å²) < 4.78 is 0. The summed E-state index contributed by atoms with van der Waals surface area (Å²) in [5, 5.41) is 9.76. The molecule has 7 nitrogen and oxygen atoms in total. The van der Waals surface area contributed by atoms with Gasteiger partial charge in [-0.3, -0.25) is 4.79 Å². The van der Waals surface area contributed by atoms with Crippen molar-refractivity contribution in [1.29, 1.82) is 0 Å². The van der Waals surface area contributed by atoms with Crippen molar-refractivity contribution < 1.29 is 4.79 Å². The lowest BCUT2D eigenvalue weighted by Crippen LogP contribution is -2.26. The Morgan fingerprint density at radius 1 is 0.837 bits per heavy atom. The topological polar surface area (TPSA) is 106 Å². The van der Waals surface area contributed by atoms with Crippen LogP contribution in [0.25, 0.3) is 21.8 Å². The molecule has 43 heavy (non-hydrogen) atoms. The molecule has 6 rings (SSSR count). The fourth-order valence-corrected chi connectivity index (χ4v) is 5.75. The van der Waals surface area contributed by atoms with E-state index in [1.807, 2.05) is 73.7 Å². The molecule has 0 fully saturated rings. The smallest absolute Gasteiger partial charge is 0.251 e. The number of fused-ring (bicyclic) bond motifs is 2. The van der Waals surface area contributed by atoms with Gasteiger partial charge >= 0.3 is 0 Å². The Hall–Kier alpha value is -4.95. The van der Waals surface area contributed by atoms with E-state index in [1.165, 1.54) is 11.7 Å². The number of hydrogen-bond donors (Lipinski definition) is 3. The van der Waals surface area contributed by atoms with Crippen molar-refractivity contribution in [2.24, 2.45) is 0 Å². The van der Waals surface area contributed by atoms with E-state index in [0.29, 0.717) is 22.7 Å². The third kappa shape index (κ3) is 6.29. The quantitative estimate of drug-likeness (QED) is 0.155. The standard InChI is InChI=1S/C35H32N6OS/c1-21(2)30-16-15-29-33(40-30)37-20-38-34(29)41-31-19-26(10-17-32(31)43-28-13-11-27(36)12-14-28)35(42)39-22(3)24-9-8-23-6-4-5-7-25(23)18-24/h4-22H,36H2,1-3H3,(H,39,42)(H,37,38,40,41)/t22-/m0/s1. The van der Waals surface area contributed by atoms with E-state index in [4.69, 9.17) is 10.7 Å². The van der Waals surface area contributed by atoms with Gasteiger partial charge in [0.2, 0.25) is 0 Å². The van der Waals surface area contributed by atoms with Crippen LogP contribution >= 0.6 is 11.8 Å². The van der Waals surface area contributed by atoms with Crippen LogP contribution in [0, 0.1) is 0 Å². The number of benzene rings is 4. The number of amides is 1. The summed E-state index contributed by atoms with van der Waals surface area (Å²) in [7, 11) is 0. The molecule has 0 bridgehead atoms. The first-order chi connectivity index (χ1) is 20.8. The molecule has 1 atom stereocenters. The SMILES string of the molecule is CC(C)c1ccc2c(Nc3cc(C(=O)N[C@@H](C)c4ccc5ccccc5c4)ccc3Sc3ccc(N)cc3)ncnc2n1. The van der Waals surface area contributed by atoms with Crippen molar-refractivity contribution in [3.05, 3.63) is 120 Å². The van der Waals surface area contributed by atoms with Crippen LogP contribution in [-0.4, -0.2) is 20.9 Å². The lowest BCUT2D eigenvalue weighted by atomic mass is 10.0. The Kier molecular flexibility index (Phi) is 7.94. The highest BCUT2D eigenvalue weighted by Gasteiger charge is 2.16. The van der Waals surface area contributed by atoms with E-state index in [-0.39, 0.29) is 17.9 Å². The Morgan fingerprint density at radius 3 is 2.42 bits per heavy atom. The Labute approximate surface area is 255 Å². The second-order valence-corrected chi connectivity index (χ2v) is 11.9. The number of anilines is 3. The van der Waals surface area contributed by atoms with Crippen LogP contribution in [0.3, 0.4) is 0 Å². The van der Waals surface area contributed by atoms with Crippen molar-refractivity contribution in [2.45, 2.75) is 42.5 Å². The monoisotopic (exact) mass is 584 g/mol. The molecule has 4 N–H and O–H groups in total. The van der Waals surface area contributed by atoms with Crippen LogP contribution in [0.1, 0.15) is 54.3 Å². The molecule has 0 saturated heterocycles. The van der Waals surface area contributed by atoms with Gasteiger partial charge in [0.15, 0.2) is 5.65 Å². The zero-order valence-corrected chi connectivity index (χ0v) is 25.0. The Bertz CT molecular complexity index is 1940. The number of carbonyl (C=O) groups is 1. The number of nitrogen functional groups attached to an aromatic ring is 1. The maximum absolute atomic E-state index is 13.5. The number of rotatable bonds is 8. The molecular formula is C35H32N6OS. The molecule has 0 spiro atoms. The number of nitrogens with zero attached hydrogens (tertiary/aromatic N) is 3. The first-order valence-electron chi connectivity index (χ1n) is 14.2. The lowest BCUT2D eigenvalue weighted by Gasteiger charge is -2.17. The average molecular weight is 585 g/mol. The molecule has 2 heterocycles. The van der Waals surface area contributed by atoms with E-state index >= 15 is 0 Å². The first-order valence-corrected chi connectivity index (χ1v) is 15.0. The van der Waals surface area contributed by atoms with Gasteiger partial charge in [0.05, 0.1) is 17.1 Å². The summed E-state index contributed by atoms with van der Waals surface area (Å²) in [5.74, 6) is 0.739. The maximum atomic E-state index is 13.5. The molecule has 8 heteroatoms. The van der Waals surface area contributed by atoms with Gasteiger partial charge in [0.25, 0.3) is 5.91 Å². The molecule has 0 unspecified atom stereocenters. The second kappa shape index (κ2) is 12.1. The summed E-state index contributed by atoms with van der Waals surface area (Å²) >= 11 is 1.58. The normalized spacial score (nSPS) is 12.0. The number of aromatic nitrogens is 3. The summed E-state index contributed by atoms with van der Waals surface area (Å²) in [6.07, 6.45) is 1.51. The van der Waals surface area contributed by atoms with Crippen LogP contribution in [0.2, 0.25) is 0 Å². The van der Waals surface area contributed by atoms with Crippen molar-refractivity contribution in [1.82, 2.24) is 20.3 Å². The van der Waals surface area contributed by atoms with Gasteiger partial charge in [-0.15, -0.1) is 0 Å². The van der Waals surface area contributed by atoms with Gasteiger partial charge < -0.3 is 16.4 Å². The summed E-state index contributed by atoms with van der Waals surface area (Å²) in [5.41, 5.74) is 10.5. The molecule has 0 saturated carbocycles. The van der Waals surface area contributed by atoms with Gasteiger partial charge in [-0.2, -0.15) is 0 Å². The van der Waals surface area contributed by atoms with Crippen LogP contribution < -0.4 is 16.4 Å². The van der Waals surface area contributed by atoms with Crippen molar-refractivity contribution in [3.8, 4) is 0 Å². The van der Waals surface area contributed by atoms with E-state index in [2.05, 4.69) is 64.8 Å². The van der Waals surface area contributed by atoms with Crippen molar-refractivity contribution in [3.63, 3.8) is 0 Å². The number of nitrogens with two attached hydrogens (primary N) is 1. The second-order valence-electron chi connectivity index (χ2n) is 10.8. The highest BCUT2D eigenvalue weighted by Crippen LogP contribution is 2.37. The van der Waals surface area contributed by atoms with E-state index in [9.17, 15) is 4.79 Å². The molecule has 0 radical (unpaired) electrons. The van der Waals surface area contributed by atoms with Crippen LogP contribution in [-0.2, 0) is 0 Å². The summed E-state index contributed by atoms with van der Waals surface area (Å²) in [6.45, 7) is 6.21. The largest absolute Gasteiger partial charge is 0.399 e. The maximum Gasteiger partial charge on any atom is 0.251 e. The molecular weight excluding hydrogens is 552 g/mol. The predicted octanol–water partition coefficient (Wildman–Crippen LogP) is 8.27. The van der Waals surface area contributed by atoms with E-state index < -0.39 is 0 Å². The fraction of sp³-hybridized carbons (Fsp3) is 0.143. The zero-order valence-electron chi connectivity index (χ0n) is 24.2. The highest BCUT2D eigenvalue weighted by molar-refractivity contribution is 7.99.